The second-order valence-corrected chi connectivity index (χ2v) is 6.84. The number of sulfonamides is 1. The van der Waals surface area contributed by atoms with E-state index in [0.717, 1.165) is 17.3 Å². The predicted octanol–water partition coefficient (Wildman–Crippen LogP) is 1.95. The average molecular weight is 299 g/mol. The lowest BCUT2D eigenvalue weighted by Crippen LogP contribution is -2.23. The van der Waals surface area contributed by atoms with Crippen molar-refractivity contribution >= 4 is 33.3 Å². The summed E-state index contributed by atoms with van der Waals surface area (Å²) in [6.07, 6.45) is 1.86. The summed E-state index contributed by atoms with van der Waals surface area (Å²) in [5, 5.41) is 0. The van der Waals surface area contributed by atoms with Crippen molar-refractivity contribution in [2.45, 2.75) is 19.9 Å². The Morgan fingerprint density at radius 2 is 2.16 bits per heavy atom. The lowest BCUT2D eigenvalue weighted by Gasteiger charge is -2.05. The normalized spacial score (nSPS) is 12.1. The van der Waals surface area contributed by atoms with Crippen LogP contribution in [0.5, 0.6) is 0 Å². The largest absolute Gasteiger partial charge is 0.331 e. The molecule has 2 rings (SSSR count). The number of hydrogen-bond donors (Lipinski definition) is 2. The summed E-state index contributed by atoms with van der Waals surface area (Å²) in [5.41, 5.74) is 3.24. The van der Waals surface area contributed by atoms with Crippen LogP contribution in [-0.2, 0) is 16.6 Å². The molecule has 0 radical (unpaired) electrons. The molecular weight excluding hydrogens is 282 g/mol. The lowest BCUT2D eigenvalue weighted by atomic mass is 10.2. The van der Waals surface area contributed by atoms with Gasteiger partial charge in [0, 0.05) is 13.1 Å². The zero-order valence-corrected chi connectivity index (χ0v) is 12.6. The van der Waals surface area contributed by atoms with Crippen molar-refractivity contribution < 1.29 is 8.42 Å². The van der Waals surface area contributed by atoms with E-state index in [4.69, 9.17) is 12.2 Å². The topological polar surface area (TPSA) is 66.9 Å². The second-order valence-electron chi connectivity index (χ2n) is 4.62. The van der Waals surface area contributed by atoms with Gasteiger partial charge in [-0.25, -0.2) is 13.1 Å². The third-order valence-electron chi connectivity index (χ3n) is 2.85. The maximum Gasteiger partial charge on any atom is 0.208 e. The summed E-state index contributed by atoms with van der Waals surface area (Å²) in [6.45, 7) is 3.13. The van der Waals surface area contributed by atoms with Crippen molar-refractivity contribution in [2.24, 2.45) is 0 Å². The Morgan fingerprint density at radius 1 is 1.42 bits per heavy atom. The summed E-state index contributed by atoms with van der Waals surface area (Å²) >= 11 is 5.29. The minimum absolute atomic E-state index is 0.416. The first-order chi connectivity index (χ1) is 8.87. The molecule has 2 N–H and O–H groups in total. The Morgan fingerprint density at radius 3 is 2.84 bits per heavy atom. The number of hydrogen-bond acceptors (Lipinski definition) is 3. The SMILES string of the molecule is Cc1ccc2[nH]c(=S)n(CCCNS(C)(=O)=O)c2c1. The highest BCUT2D eigenvalue weighted by atomic mass is 32.2. The minimum atomic E-state index is -3.12. The third-order valence-corrected chi connectivity index (χ3v) is 3.90. The van der Waals surface area contributed by atoms with E-state index in [1.165, 1.54) is 5.56 Å². The molecule has 0 fully saturated rings. The van der Waals surface area contributed by atoms with Gasteiger partial charge in [0.15, 0.2) is 4.77 Å². The molecular formula is C12H17N3O2S2. The van der Waals surface area contributed by atoms with Gasteiger partial charge in [-0.2, -0.15) is 0 Å². The summed E-state index contributed by atoms with van der Waals surface area (Å²) in [6, 6.07) is 6.11. The highest BCUT2D eigenvalue weighted by Crippen LogP contribution is 2.16. The molecule has 1 aromatic carbocycles. The molecule has 0 amide bonds. The number of aromatic nitrogens is 2. The van der Waals surface area contributed by atoms with Crippen LogP contribution in [0.3, 0.4) is 0 Å². The molecule has 0 aliphatic rings. The van der Waals surface area contributed by atoms with Crippen LogP contribution in [0, 0.1) is 11.7 Å². The van der Waals surface area contributed by atoms with Gasteiger partial charge in [-0.05, 0) is 43.3 Å². The van der Waals surface area contributed by atoms with Crippen LogP contribution in [-0.4, -0.2) is 30.8 Å². The molecule has 7 heteroatoms. The number of aromatic amines is 1. The van der Waals surface area contributed by atoms with Crippen LogP contribution >= 0.6 is 12.2 Å². The molecule has 0 saturated heterocycles. The molecule has 2 aromatic rings. The number of fused-ring (bicyclic) bond motifs is 1. The smallest absolute Gasteiger partial charge is 0.208 e. The van der Waals surface area contributed by atoms with Crippen molar-refractivity contribution in [1.82, 2.24) is 14.3 Å². The highest BCUT2D eigenvalue weighted by molar-refractivity contribution is 7.88. The number of nitrogens with zero attached hydrogens (tertiary/aromatic N) is 1. The van der Waals surface area contributed by atoms with Gasteiger partial charge in [0.2, 0.25) is 10.0 Å². The van der Waals surface area contributed by atoms with Crippen molar-refractivity contribution in [3.8, 4) is 0 Å². The predicted molar refractivity (Wildman–Crippen MR) is 79.3 cm³/mol. The average Bonchev–Trinajstić information content (AvgIpc) is 2.59. The van der Waals surface area contributed by atoms with E-state index in [9.17, 15) is 8.42 Å². The Balaban J connectivity index is 2.14. The molecule has 0 aliphatic heterocycles. The molecule has 19 heavy (non-hydrogen) atoms. The molecule has 5 nitrogen and oxygen atoms in total. The lowest BCUT2D eigenvalue weighted by molar-refractivity contribution is 0.576. The minimum Gasteiger partial charge on any atom is -0.331 e. The van der Waals surface area contributed by atoms with Gasteiger partial charge in [0.05, 0.1) is 17.3 Å². The number of nitrogens with one attached hydrogen (secondary N) is 2. The Labute approximate surface area is 117 Å². The van der Waals surface area contributed by atoms with E-state index in [1.54, 1.807) is 0 Å². The second kappa shape index (κ2) is 5.44. The molecule has 1 heterocycles. The first kappa shape index (κ1) is 14.2. The van der Waals surface area contributed by atoms with E-state index < -0.39 is 10.0 Å². The van der Waals surface area contributed by atoms with Crippen LogP contribution in [0.4, 0.5) is 0 Å². The fraction of sp³-hybridized carbons (Fsp3) is 0.417. The molecule has 0 bridgehead atoms. The summed E-state index contributed by atoms with van der Waals surface area (Å²) in [4.78, 5) is 3.15. The number of imidazole rings is 1. The van der Waals surface area contributed by atoms with Gasteiger partial charge in [0.25, 0.3) is 0 Å². The van der Waals surface area contributed by atoms with Gasteiger partial charge in [-0.15, -0.1) is 0 Å². The van der Waals surface area contributed by atoms with Gasteiger partial charge < -0.3 is 9.55 Å². The number of benzene rings is 1. The summed E-state index contributed by atoms with van der Waals surface area (Å²) in [5.74, 6) is 0. The molecule has 0 unspecified atom stereocenters. The van der Waals surface area contributed by atoms with E-state index in [2.05, 4.69) is 15.8 Å². The van der Waals surface area contributed by atoms with Crippen LogP contribution in [0.1, 0.15) is 12.0 Å². The van der Waals surface area contributed by atoms with Gasteiger partial charge in [-0.3, -0.25) is 0 Å². The fourth-order valence-corrected chi connectivity index (χ4v) is 2.79. The Kier molecular flexibility index (Phi) is 4.07. The number of aryl methyl sites for hydroxylation is 2. The number of H-pyrrole nitrogens is 1. The molecule has 0 spiro atoms. The molecule has 1 aromatic heterocycles. The zero-order chi connectivity index (χ0) is 14.0. The van der Waals surface area contributed by atoms with Gasteiger partial charge in [-0.1, -0.05) is 6.07 Å². The summed E-state index contributed by atoms with van der Waals surface area (Å²) in [7, 11) is -3.12. The van der Waals surface area contributed by atoms with E-state index in [-0.39, 0.29) is 0 Å². The first-order valence-electron chi connectivity index (χ1n) is 6.00. The van der Waals surface area contributed by atoms with Gasteiger partial charge >= 0.3 is 0 Å². The zero-order valence-electron chi connectivity index (χ0n) is 10.9. The van der Waals surface area contributed by atoms with Crippen molar-refractivity contribution in [3.05, 3.63) is 28.5 Å². The van der Waals surface area contributed by atoms with Crippen LogP contribution in [0.2, 0.25) is 0 Å². The van der Waals surface area contributed by atoms with E-state index in [0.29, 0.717) is 24.3 Å². The van der Waals surface area contributed by atoms with Gasteiger partial charge in [0.1, 0.15) is 0 Å². The first-order valence-corrected chi connectivity index (χ1v) is 8.30. The van der Waals surface area contributed by atoms with E-state index >= 15 is 0 Å². The highest BCUT2D eigenvalue weighted by Gasteiger charge is 2.05. The Hall–Kier alpha value is -1.18. The van der Waals surface area contributed by atoms with Crippen molar-refractivity contribution in [1.29, 1.82) is 0 Å². The van der Waals surface area contributed by atoms with Crippen LogP contribution < -0.4 is 4.72 Å². The Bertz CT molecular complexity index is 744. The maximum atomic E-state index is 11.0. The fourth-order valence-electron chi connectivity index (χ4n) is 1.98. The standard InChI is InChI=1S/C12H17N3O2S2/c1-9-4-5-10-11(8-9)15(12(18)14-10)7-3-6-13-19(2,16)17/h4-5,8,13H,3,6-7H2,1-2H3,(H,14,18). The quantitative estimate of drug-likeness (QED) is 0.655. The molecule has 0 aliphatic carbocycles. The number of rotatable bonds is 5. The van der Waals surface area contributed by atoms with Crippen LogP contribution in [0.25, 0.3) is 11.0 Å². The third kappa shape index (κ3) is 3.65. The summed E-state index contributed by atoms with van der Waals surface area (Å²) < 4.78 is 27.1. The molecule has 104 valence electrons. The molecule has 0 saturated carbocycles. The van der Waals surface area contributed by atoms with Crippen molar-refractivity contribution in [2.75, 3.05) is 12.8 Å². The van der Waals surface area contributed by atoms with E-state index in [1.807, 2.05) is 23.6 Å². The van der Waals surface area contributed by atoms with Crippen molar-refractivity contribution in [3.63, 3.8) is 0 Å². The monoisotopic (exact) mass is 299 g/mol. The van der Waals surface area contributed by atoms with Crippen LogP contribution in [0.15, 0.2) is 18.2 Å². The molecule has 0 atom stereocenters. The maximum absolute atomic E-state index is 11.0.